The van der Waals surface area contributed by atoms with Crippen molar-refractivity contribution in [2.45, 2.75) is 71.3 Å². The van der Waals surface area contributed by atoms with Crippen LogP contribution in [0, 0.1) is 17.7 Å². The summed E-state index contributed by atoms with van der Waals surface area (Å²) >= 11 is 0. The highest BCUT2D eigenvalue weighted by Gasteiger charge is 2.42. The van der Waals surface area contributed by atoms with Gasteiger partial charge >= 0.3 is 6.11 Å². The average Bonchev–Trinajstić information content (AvgIpc) is 2.84. The van der Waals surface area contributed by atoms with Crippen molar-refractivity contribution >= 4 is 0 Å². The lowest BCUT2D eigenvalue weighted by molar-refractivity contribution is -0.189. The molecule has 0 saturated heterocycles. The predicted octanol–water partition coefficient (Wildman–Crippen LogP) is 9.15. The van der Waals surface area contributed by atoms with Crippen LogP contribution in [0.25, 0.3) is 0 Å². The van der Waals surface area contributed by atoms with E-state index in [1.54, 1.807) is 24.3 Å². The molecule has 1 radical (unpaired) electrons. The van der Waals surface area contributed by atoms with Gasteiger partial charge in [-0.15, -0.1) is 0 Å². The Kier molecular flexibility index (Phi) is 9.58. The normalized spacial score (nSPS) is 11.5. The molecule has 0 unspecified atom stereocenters. The molecule has 3 aromatic carbocycles. The fraction of sp³-hybridized carbons (Fsp3) is 0.379. The Bertz CT molecular complexity index is 1060. The standard InChI is InChI=1S/C29H31F4O2/c1-3-5-7-8-10-22-13-17-24(18-14-22)35-29(32,33)27-25(30)19-20-26(28(27)31)34-23-15-11-21(12-16-23)9-6-4-2/h11-19H,3-10H2,1-2H3. The number of alkyl halides is 2. The lowest BCUT2D eigenvalue weighted by Gasteiger charge is -2.20. The van der Waals surface area contributed by atoms with Crippen LogP contribution in [0.3, 0.4) is 0 Å². The van der Waals surface area contributed by atoms with Crippen molar-refractivity contribution in [3.8, 4) is 17.2 Å². The van der Waals surface area contributed by atoms with Crippen molar-refractivity contribution in [1.29, 1.82) is 0 Å². The van der Waals surface area contributed by atoms with Crippen LogP contribution in [0.15, 0.2) is 54.6 Å². The summed E-state index contributed by atoms with van der Waals surface area (Å²) in [4.78, 5) is 0. The maximum atomic E-state index is 15.0. The van der Waals surface area contributed by atoms with Crippen LogP contribution in [-0.4, -0.2) is 0 Å². The van der Waals surface area contributed by atoms with Gasteiger partial charge in [-0.1, -0.05) is 63.8 Å². The van der Waals surface area contributed by atoms with Crippen molar-refractivity contribution in [2.24, 2.45) is 0 Å². The molecule has 0 fully saturated rings. The van der Waals surface area contributed by atoms with Gasteiger partial charge in [-0.2, -0.15) is 8.78 Å². The molecular weight excluding hydrogens is 456 g/mol. The Labute approximate surface area is 204 Å². The molecule has 0 heterocycles. The van der Waals surface area contributed by atoms with E-state index in [1.807, 2.05) is 12.1 Å². The van der Waals surface area contributed by atoms with Gasteiger partial charge in [0.1, 0.15) is 22.9 Å². The molecule has 0 N–H and O–H groups in total. The number of aryl methyl sites for hydroxylation is 2. The van der Waals surface area contributed by atoms with Crippen LogP contribution in [0.5, 0.6) is 17.2 Å². The summed E-state index contributed by atoms with van der Waals surface area (Å²) in [7, 11) is 0. The number of unbranched alkanes of at least 4 members (excludes halogenated alkanes) is 4. The van der Waals surface area contributed by atoms with Crippen LogP contribution in [0.2, 0.25) is 0 Å². The fourth-order valence-corrected chi connectivity index (χ4v) is 3.73. The fourth-order valence-electron chi connectivity index (χ4n) is 3.73. The zero-order chi connectivity index (χ0) is 25.3. The van der Waals surface area contributed by atoms with E-state index in [4.69, 9.17) is 9.47 Å². The van der Waals surface area contributed by atoms with Gasteiger partial charge in [0.25, 0.3) is 0 Å². The minimum Gasteiger partial charge on any atom is -0.454 e. The van der Waals surface area contributed by atoms with Gasteiger partial charge in [0.05, 0.1) is 0 Å². The van der Waals surface area contributed by atoms with Crippen LogP contribution in [0.1, 0.15) is 69.1 Å². The van der Waals surface area contributed by atoms with E-state index < -0.39 is 29.1 Å². The molecule has 3 rings (SSSR count). The largest absolute Gasteiger partial charge is 0.454 e. The molecule has 0 aliphatic rings. The van der Waals surface area contributed by atoms with E-state index >= 15 is 0 Å². The molecule has 0 atom stereocenters. The third-order valence-corrected chi connectivity index (χ3v) is 5.73. The summed E-state index contributed by atoms with van der Waals surface area (Å²) in [5, 5.41) is 0. The molecule has 35 heavy (non-hydrogen) atoms. The summed E-state index contributed by atoms with van der Waals surface area (Å²) in [6.07, 6.45) is 3.93. The highest BCUT2D eigenvalue weighted by atomic mass is 19.3. The highest BCUT2D eigenvalue weighted by molar-refractivity contribution is 5.38. The number of halogens is 4. The Morgan fingerprint density at radius 1 is 0.743 bits per heavy atom. The Balaban J connectivity index is 1.72. The number of hydrogen-bond donors (Lipinski definition) is 0. The van der Waals surface area contributed by atoms with E-state index in [2.05, 4.69) is 19.9 Å². The molecule has 0 bridgehead atoms. The van der Waals surface area contributed by atoms with E-state index in [0.29, 0.717) is 6.07 Å². The molecular formula is C29H31F4O2. The summed E-state index contributed by atoms with van der Waals surface area (Å²) in [6.45, 7) is 4.22. The van der Waals surface area contributed by atoms with Gasteiger partial charge in [0, 0.05) is 6.07 Å². The first kappa shape index (κ1) is 26.6. The minimum absolute atomic E-state index is 0.191. The SMILES string of the molecule is CCCCCCc1ccc(OC(F)(F)c2c(F)c[c]c(Oc3ccc(CCCC)cc3)c2F)cc1. The van der Waals surface area contributed by atoms with Crippen LogP contribution >= 0.6 is 0 Å². The highest BCUT2D eigenvalue weighted by Crippen LogP contribution is 2.38. The van der Waals surface area contributed by atoms with E-state index in [9.17, 15) is 17.6 Å². The quantitative estimate of drug-likeness (QED) is 0.177. The van der Waals surface area contributed by atoms with E-state index in [0.717, 1.165) is 62.5 Å². The molecule has 0 aliphatic carbocycles. The van der Waals surface area contributed by atoms with Gasteiger partial charge in [0.2, 0.25) is 0 Å². The van der Waals surface area contributed by atoms with Gasteiger partial charge in [0.15, 0.2) is 11.6 Å². The Morgan fingerprint density at radius 3 is 1.91 bits per heavy atom. The van der Waals surface area contributed by atoms with Crippen LogP contribution < -0.4 is 9.47 Å². The minimum atomic E-state index is -4.26. The zero-order valence-corrected chi connectivity index (χ0v) is 20.2. The first-order valence-electron chi connectivity index (χ1n) is 12.2. The van der Waals surface area contributed by atoms with Crippen LogP contribution in [0.4, 0.5) is 17.6 Å². The second-order valence-corrected chi connectivity index (χ2v) is 8.58. The second-order valence-electron chi connectivity index (χ2n) is 8.58. The topological polar surface area (TPSA) is 18.5 Å². The third kappa shape index (κ3) is 7.48. The third-order valence-electron chi connectivity index (χ3n) is 5.73. The zero-order valence-electron chi connectivity index (χ0n) is 20.2. The molecule has 187 valence electrons. The van der Waals surface area contributed by atoms with Gasteiger partial charge in [-0.05, 0) is 67.1 Å². The molecule has 0 amide bonds. The van der Waals surface area contributed by atoms with Crippen LogP contribution in [-0.2, 0) is 19.0 Å². The van der Waals surface area contributed by atoms with E-state index in [-0.39, 0.29) is 11.5 Å². The van der Waals surface area contributed by atoms with E-state index in [1.165, 1.54) is 12.1 Å². The monoisotopic (exact) mass is 487 g/mol. The maximum Gasteiger partial charge on any atom is 0.432 e. The van der Waals surface area contributed by atoms with Crippen molar-refractivity contribution in [2.75, 3.05) is 0 Å². The number of hydrogen-bond acceptors (Lipinski definition) is 2. The maximum absolute atomic E-state index is 15.0. The van der Waals surface area contributed by atoms with Gasteiger partial charge < -0.3 is 9.47 Å². The Hall–Kier alpha value is -3.02. The average molecular weight is 488 g/mol. The Morgan fingerprint density at radius 2 is 1.31 bits per heavy atom. The summed E-state index contributed by atoms with van der Waals surface area (Å²) in [6, 6.07) is 15.9. The molecule has 0 spiro atoms. The summed E-state index contributed by atoms with van der Waals surface area (Å²) < 4.78 is 69.1. The van der Waals surface area contributed by atoms with Gasteiger partial charge in [-0.25, -0.2) is 8.78 Å². The molecule has 0 aliphatic heterocycles. The first-order chi connectivity index (χ1) is 16.8. The number of ether oxygens (including phenoxy) is 2. The summed E-state index contributed by atoms with van der Waals surface area (Å²) in [5.41, 5.74) is 0.546. The summed E-state index contributed by atoms with van der Waals surface area (Å²) in [5.74, 6) is -3.62. The van der Waals surface area contributed by atoms with Gasteiger partial charge in [-0.3, -0.25) is 0 Å². The second kappa shape index (κ2) is 12.6. The molecule has 0 aromatic heterocycles. The molecule has 3 aromatic rings. The molecule has 0 saturated carbocycles. The lowest BCUT2D eigenvalue weighted by atomic mass is 10.1. The van der Waals surface area contributed by atoms with Crippen molar-refractivity contribution in [3.63, 3.8) is 0 Å². The van der Waals surface area contributed by atoms with Crippen molar-refractivity contribution in [3.05, 3.63) is 89.0 Å². The first-order valence-corrected chi connectivity index (χ1v) is 12.2. The molecule has 6 heteroatoms. The number of benzene rings is 3. The smallest absolute Gasteiger partial charge is 0.432 e. The number of rotatable bonds is 13. The van der Waals surface area contributed by atoms with Crippen molar-refractivity contribution in [1.82, 2.24) is 0 Å². The molecule has 2 nitrogen and oxygen atoms in total. The lowest BCUT2D eigenvalue weighted by Crippen LogP contribution is -2.25. The van der Waals surface area contributed by atoms with Crippen molar-refractivity contribution < 1.29 is 27.0 Å². The predicted molar refractivity (Wildman–Crippen MR) is 129 cm³/mol.